The van der Waals surface area contributed by atoms with Gasteiger partial charge in [0.2, 0.25) is 0 Å². The molecule has 112 valence electrons. The maximum Gasteiger partial charge on any atom is 0.258 e. The molecule has 2 aromatic heterocycles. The van der Waals surface area contributed by atoms with Crippen LogP contribution in [0.3, 0.4) is 0 Å². The fourth-order valence-corrected chi connectivity index (χ4v) is 2.77. The van der Waals surface area contributed by atoms with Gasteiger partial charge in [-0.05, 0) is 18.2 Å². The fourth-order valence-electron chi connectivity index (χ4n) is 2.77. The van der Waals surface area contributed by atoms with E-state index in [2.05, 4.69) is 15.0 Å². The lowest BCUT2D eigenvalue weighted by Gasteiger charge is -2.02. The average molecular weight is 303 g/mol. The summed E-state index contributed by atoms with van der Waals surface area (Å²) in [5, 5.41) is 1.40. The first-order valence-electron chi connectivity index (χ1n) is 7.29. The molecule has 0 unspecified atom stereocenters. The molecule has 5 heteroatoms. The molecular weight excluding hydrogens is 290 g/mol. The summed E-state index contributed by atoms with van der Waals surface area (Å²) in [6.07, 6.45) is 1.76. The zero-order chi connectivity index (χ0) is 15.8. The topological polar surface area (TPSA) is 78.6 Å². The zero-order valence-corrected chi connectivity index (χ0v) is 12.2. The van der Waals surface area contributed by atoms with E-state index in [0.717, 1.165) is 10.9 Å². The van der Waals surface area contributed by atoms with Gasteiger partial charge in [0.15, 0.2) is 5.78 Å². The van der Waals surface area contributed by atoms with E-state index in [4.69, 9.17) is 0 Å². The highest BCUT2D eigenvalue weighted by Gasteiger charge is 2.14. The summed E-state index contributed by atoms with van der Waals surface area (Å²) in [5.41, 5.74) is 1.89. The first kappa shape index (κ1) is 13.5. The van der Waals surface area contributed by atoms with Crippen molar-refractivity contribution in [2.75, 3.05) is 0 Å². The number of para-hydroxylation sites is 2. The standard InChI is InChI=1S/C18H13N3O2/c22-16(13-10-19-14-7-3-1-5-11(13)14)9-17-20-15-8-4-2-6-12(15)18(23)21-17/h1-8,10,19H,9H2,(H,20,21,23). The van der Waals surface area contributed by atoms with Crippen LogP contribution in [0.4, 0.5) is 0 Å². The van der Waals surface area contributed by atoms with Crippen LogP contribution in [0.2, 0.25) is 0 Å². The highest BCUT2D eigenvalue weighted by molar-refractivity contribution is 6.08. The number of hydrogen-bond acceptors (Lipinski definition) is 3. The summed E-state index contributed by atoms with van der Waals surface area (Å²) in [5.74, 6) is 0.296. The van der Waals surface area contributed by atoms with Gasteiger partial charge in [-0.1, -0.05) is 30.3 Å². The third kappa shape index (κ3) is 2.32. The molecule has 2 heterocycles. The molecule has 4 aromatic rings. The molecule has 0 bridgehead atoms. The number of ketones is 1. The maximum atomic E-state index is 12.6. The Morgan fingerprint density at radius 3 is 2.61 bits per heavy atom. The van der Waals surface area contributed by atoms with Gasteiger partial charge in [0.1, 0.15) is 5.82 Å². The van der Waals surface area contributed by atoms with Crippen molar-refractivity contribution in [2.24, 2.45) is 0 Å². The normalized spacial score (nSPS) is 11.1. The van der Waals surface area contributed by atoms with Gasteiger partial charge in [-0.15, -0.1) is 0 Å². The minimum Gasteiger partial charge on any atom is -0.360 e. The van der Waals surface area contributed by atoms with Crippen LogP contribution in [0.15, 0.2) is 59.5 Å². The monoisotopic (exact) mass is 303 g/mol. The minimum absolute atomic E-state index is 0.0575. The van der Waals surface area contributed by atoms with Gasteiger partial charge >= 0.3 is 0 Å². The van der Waals surface area contributed by atoms with E-state index in [1.807, 2.05) is 30.3 Å². The molecule has 0 radical (unpaired) electrons. The van der Waals surface area contributed by atoms with Crippen molar-refractivity contribution in [2.45, 2.75) is 6.42 Å². The fraction of sp³-hybridized carbons (Fsp3) is 0.0556. The molecule has 4 rings (SSSR count). The van der Waals surface area contributed by atoms with Crippen molar-refractivity contribution in [3.8, 4) is 0 Å². The van der Waals surface area contributed by atoms with Crippen LogP contribution >= 0.6 is 0 Å². The highest BCUT2D eigenvalue weighted by atomic mass is 16.1. The van der Waals surface area contributed by atoms with Crippen molar-refractivity contribution in [1.82, 2.24) is 15.0 Å². The zero-order valence-electron chi connectivity index (χ0n) is 12.2. The summed E-state index contributed by atoms with van der Waals surface area (Å²) in [6.45, 7) is 0. The van der Waals surface area contributed by atoms with Crippen molar-refractivity contribution in [3.63, 3.8) is 0 Å². The van der Waals surface area contributed by atoms with Crippen molar-refractivity contribution < 1.29 is 4.79 Å². The number of rotatable bonds is 3. The first-order valence-corrected chi connectivity index (χ1v) is 7.29. The van der Waals surface area contributed by atoms with Crippen LogP contribution in [0.5, 0.6) is 0 Å². The molecule has 23 heavy (non-hydrogen) atoms. The van der Waals surface area contributed by atoms with Crippen molar-refractivity contribution in [3.05, 3.63) is 76.5 Å². The predicted octanol–water partition coefficient (Wildman–Crippen LogP) is 2.83. The number of aromatic nitrogens is 3. The lowest BCUT2D eigenvalue weighted by atomic mass is 10.1. The Balaban J connectivity index is 1.73. The van der Waals surface area contributed by atoms with Crippen LogP contribution in [-0.2, 0) is 6.42 Å². The predicted molar refractivity (Wildman–Crippen MR) is 88.7 cm³/mol. The van der Waals surface area contributed by atoms with Crippen molar-refractivity contribution in [1.29, 1.82) is 0 Å². The van der Waals surface area contributed by atoms with Gasteiger partial charge in [-0.3, -0.25) is 9.59 Å². The van der Waals surface area contributed by atoms with Gasteiger partial charge in [-0.2, -0.15) is 0 Å². The number of nitrogens with zero attached hydrogens (tertiary/aromatic N) is 1. The molecule has 0 saturated heterocycles. The van der Waals surface area contributed by atoms with Gasteiger partial charge in [0, 0.05) is 22.7 Å². The van der Waals surface area contributed by atoms with Crippen LogP contribution in [0.25, 0.3) is 21.8 Å². The number of nitrogens with one attached hydrogen (secondary N) is 2. The second-order valence-electron chi connectivity index (χ2n) is 5.38. The molecule has 0 aliphatic rings. The van der Waals surface area contributed by atoms with Gasteiger partial charge in [-0.25, -0.2) is 4.98 Å². The Bertz CT molecular complexity index is 1090. The van der Waals surface area contributed by atoms with E-state index in [1.165, 1.54) is 0 Å². The van der Waals surface area contributed by atoms with E-state index in [-0.39, 0.29) is 17.8 Å². The number of hydrogen-bond donors (Lipinski definition) is 2. The van der Waals surface area contributed by atoms with Crippen LogP contribution in [0.1, 0.15) is 16.2 Å². The molecule has 0 atom stereocenters. The smallest absolute Gasteiger partial charge is 0.258 e. The Kier molecular flexibility index (Phi) is 3.05. The summed E-state index contributed by atoms with van der Waals surface area (Å²) in [7, 11) is 0. The molecular formula is C18H13N3O2. The number of aromatic amines is 2. The number of carbonyl (C=O) groups excluding carboxylic acids is 1. The molecule has 0 saturated carbocycles. The third-order valence-corrected chi connectivity index (χ3v) is 3.88. The van der Waals surface area contributed by atoms with E-state index < -0.39 is 0 Å². The Morgan fingerprint density at radius 2 is 1.74 bits per heavy atom. The third-order valence-electron chi connectivity index (χ3n) is 3.88. The second-order valence-corrected chi connectivity index (χ2v) is 5.38. The Labute approximate surface area is 131 Å². The lowest BCUT2D eigenvalue weighted by molar-refractivity contribution is 0.0992. The van der Waals surface area contributed by atoms with E-state index in [9.17, 15) is 9.59 Å². The van der Waals surface area contributed by atoms with Gasteiger partial charge in [0.25, 0.3) is 5.56 Å². The Hall–Kier alpha value is -3.21. The maximum absolute atomic E-state index is 12.6. The number of carbonyl (C=O) groups is 1. The largest absolute Gasteiger partial charge is 0.360 e. The second kappa shape index (κ2) is 5.21. The lowest BCUT2D eigenvalue weighted by Crippen LogP contribution is -2.15. The molecule has 2 aromatic carbocycles. The summed E-state index contributed by atoms with van der Waals surface area (Å²) in [6, 6.07) is 14.7. The van der Waals surface area contributed by atoms with Gasteiger partial charge < -0.3 is 9.97 Å². The molecule has 0 aliphatic carbocycles. The van der Waals surface area contributed by atoms with E-state index >= 15 is 0 Å². The number of benzene rings is 2. The van der Waals surface area contributed by atoms with Crippen LogP contribution in [-0.4, -0.2) is 20.7 Å². The molecule has 0 aliphatic heterocycles. The Morgan fingerprint density at radius 1 is 1.00 bits per heavy atom. The summed E-state index contributed by atoms with van der Waals surface area (Å²) < 4.78 is 0. The summed E-state index contributed by atoms with van der Waals surface area (Å²) in [4.78, 5) is 34.8. The molecule has 0 spiro atoms. The number of Topliss-reactive ketones (excluding diaryl/α,β-unsaturated/α-hetero) is 1. The van der Waals surface area contributed by atoms with E-state index in [0.29, 0.717) is 22.3 Å². The number of H-pyrrole nitrogens is 2. The SMILES string of the molecule is O=C(Cc1nc2ccccc2c(=O)[nH]1)c1c[nH]c2ccccc12. The molecule has 2 N–H and O–H groups in total. The minimum atomic E-state index is -0.225. The van der Waals surface area contributed by atoms with Crippen molar-refractivity contribution >= 4 is 27.6 Å². The highest BCUT2D eigenvalue weighted by Crippen LogP contribution is 2.19. The summed E-state index contributed by atoms with van der Waals surface area (Å²) >= 11 is 0. The van der Waals surface area contributed by atoms with Crippen LogP contribution in [0, 0.1) is 0 Å². The van der Waals surface area contributed by atoms with Crippen LogP contribution < -0.4 is 5.56 Å². The average Bonchev–Trinajstić information content (AvgIpc) is 2.99. The number of fused-ring (bicyclic) bond motifs is 2. The van der Waals surface area contributed by atoms with Gasteiger partial charge in [0.05, 0.1) is 17.3 Å². The molecule has 0 fully saturated rings. The first-order chi connectivity index (χ1) is 11.2. The molecule has 0 amide bonds. The quantitative estimate of drug-likeness (QED) is 0.571. The molecule has 5 nitrogen and oxygen atoms in total. The van der Waals surface area contributed by atoms with E-state index in [1.54, 1.807) is 24.4 Å².